The fraction of sp³-hybridized carbons (Fsp3) is 0.368. The van der Waals surface area contributed by atoms with Gasteiger partial charge in [-0.25, -0.2) is 0 Å². The van der Waals surface area contributed by atoms with Crippen molar-refractivity contribution in [1.82, 2.24) is 0 Å². The van der Waals surface area contributed by atoms with Gasteiger partial charge in [-0.2, -0.15) is 0 Å². The molecule has 1 unspecified atom stereocenters. The minimum atomic E-state index is 0.245. The molecule has 1 atom stereocenters. The van der Waals surface area contributed by atoms with Gasteiger partial charge in [-0.3, -0.25) is 0 Å². The Morgan fingerprint density at radius 3 is 2.18 bits per heavy atom. The van der Waals surface area contributed by atoms with Crippen LogP contribution in [0.2, 0.25) is 0 Å². The predicted octanol–water partition coefficient (Wildman–Crippen LogP) is 3.55. The Morgan fingerprint density at radius 1 is 0.955 bits per heavy atom. The summed E-state index contributed by atoms with van der Waals surface area (Å²) < 4.78 is 10.7. The van der Waals surface area contributed by atoms with E-state index in [-0.39, 0.29) is 5.92 Å². The number of rotatable bonds is 7. The highest BCUT2D eigenvalue weighted by Crippen LogP contribution is 2.30. The van der Waals surface area contributed by atoms with E-state index >= 15 is 0 Å². The van der Waals surface area contributed by atoms with Crippen LogP contribution in [-0.2, 0) is 12.8 Å². The second kappa shape index (κ2) is 7.85. The van der Waals surface area contributed by atoms with Crippen molar-refractivity contribution in [2.75, 3.05) is 20.8 Å². The van der Waals surface area contributed by atoms with Crippen LogP contribution in [0.4, 0.5) is 0 Å². The lowest BCUT2D eigenvalue weighted by atomic mass is 9.90. The van der Waals surface area contributed by atoms with E-state index in [1.165, 1.54) is 16.7 Å². The Balaban J connectivity index is 2.26. The van der Waals surface area contributed by atoms with Gasteiger partial charge < -0.3 is 15.2 Å². The Labute approximate surface area is 133 Å². The van der Waals surface area contributed by atoms with Crippen LogP contribution in [-0.4, -0.2) is 20.8 Å². The smallest absolute Gasteiger partial charge is 0.122 e. The average molecular weight is 299 g/mol. The van der Waals surface area contributed by atoms with Crippen LogP contribution in [0.3, 0.4) is 0 Å². The Hall–Kier alpha value is -2.00. The molecule has 0 aliphatic heterocycles. The first-order valence-electron chi connectivity index (χ1n) is 7.71. The molecule has 0 radical (unpaired) electrons. The van der Waals surface area contributed by atoms with Gasteiger partial charge in [0.25, 0.3) is 0 Å². The molecule has 0 heterocycles. The van der Waals surface area contributed by atoms with Crippen molar-refractivity contribution in [3.63, 3.8) is 0 Å². The normalized spacial score (nSPS) is 12.0. The van der Waals surface area contributed by atoms with E-state index in [0.717, 1.165) is 24.3 Å². The zero-order valence-corrected chi connectivity index (χ0v) is 13.6. The Kier molecular flexibility index (Phi) is 5.84. The van der Waals surface area contributed by atoms with Gasteiger partial charge >= 0.3 is 0 Å². The molecule has 0 aliphatic carbocycles. The molecule has 0 saturated carbocycles. The summed E-state index contributed by atoms with van der Waals surface area (Å²) in [5.74, 6) is 2.04. The number of hydrogen-bond acceptors (Lipinski definition) is 3. The van der Waals surface area contributed by atoms with Gasteiger partial charge in [0.15, 0.2) is 0 Å². The SMILES string of the molecule is CCc1ccc(OC)c(C(CN)Cc2ccc(OC)cc2)c1. The molecule has 2 rings (SSSR count). The first-order chi connectivity index (χ1) is 10.7. The molecule has 2 aromatic carbocycles. The number of nitrogens with two attached hydrogens (primary N) is 1. The van der Waals surface area contributed by atoms with Crippen molar-refractivity contribution in [3.05, 3.63) is 59.2 Å². The fourth-order valence-electron chi connectivity index (χ4n) is 2.69. The van der Waals surface area contributed by atoms with Crippen LogP contribution in [0.1, 0.15) is 29.5 Å². The van der Waals surface area contributed by atoms with Crippen LogP contribution >= 0.6 is 0 Å². The Morgan fingerprint density at radius 2 is 1.64 bits per heavy atom. The van der Waals surface area contributed by atoms with E-state index in [1.807, 2.05) is 18.2 Å². The van der Waals surface area contributed by atoms with Crippen molar-refractivity contribution in [1.29, 1.82) is 0 Å². The lowest BCUT2D eigenvalue weighted by molar-refractivity contribution is 0.405. The van der Waals surface area contributed by atoms with Gasteiger partial charge in [0.05, 0.1) is 14.2 Å². The standard InChI is InChI=1S/C19H25NO2/c1-4-14-7-10-19(22-3)18(12-14)16(13-20)11-15-5-8-17(21-2)9-6-15/h5-10,12,16H,4,11,13,20H2,1-3H3. The molecule has 3 heteroatoms. The highest BCUT2D eigenvalue weighted by molar-refractivity contribution is 5.41. The second-order valence-corrected chi connectivity index (χ2v) is 5.41. The van der Waals surface area contributed by atoms with Gasteiger partial charge in [0, 0.05) is 5.92 Å². The van der Waals surface area contributed by atoms with Gasteiger partial charge in [-0.15, -0.1) is 0 Å². The molecule has 0 spiro atoms. The van der Waals surface area contributed by atoms with E-state index < -0.39 is 0 Å². The number of benzene rings is 2. The zero-order chi connectivity index (χ0) is 15.9. The second-order valence-electron chi connectivity index (χ2n) is 5.41. The molecule has 0 amide bonds. The third kappa shape index (κ3) is 3.80. The molecule has 118 valence electrons. The quantitative estimate of drug-likeness (QED) is 0.850. The topological polar surface area (TPSA) is 44.5 Å². The maximum absolute atomic E-state index is 6.04. The zero-order valence-electron chi connectivity index (χ0n) is 13.6. The van der Waals surface area contributed by atoms with E-state index in [1.54, 1.807) is 14.2 Å². The number of aryl methyl sites for hydroxylation is 1. The highest BCUT2D eigenvalue weighted by Gasteiger charge is 2.16. The molecule has 0 fully saturated rings. The maximum atomic E-state index is 6.04. The summed E-state index contributed by atoms with van der Waals surface area (Å²) in [6, 6.07) is 14.6. The van der Waals surface area contributed by atoms with Crippen molar-refractivity contribution in [3.8, 4) is 11.5 Å². The minimum Gasteiger partial charge on any atom is -0.497 e. The van der Waals surface area contributed by atoms with Crippen LogP contribution < -0.4 is 15.2 Å². The van der Waals surface area contributed by atoms with Crippen LogP contribution in [0.5, 0.6) is 11.5 Å². The molecular formula is C19H25NO2. The van der Waals surface area contributed by atoms with Gasteiger partial charge in [-0.05, 0) is 54.3 Å². The summed E-state index contributed by atoms with van der Waals surface area (Å²) in [7, 11) is 3.39. The van der Waals surface area contributed by atoms with Crippen molar-refractivity contribution < 1.29 is 9.47 Å². The molecule has 0 saturated heterocycles. The van der Waals surface area contributed by atoms with E-state index in [0.29, 0.717) is 6.54 Å². The third-order valence-electron chi connectivity index (χ3n) is 4.07. The maximum Gasteiger partial charge on any atom is 0.122 e. The van der Waals surface area contributed by atoms with Gasteiger partial charge in [0.2, 0.25) is 0 Å². The van der Waals surface area contributed by atoms with E-state index in [2.05, 4.69) is 31.2 Å². The molecular weight excluding hydrogens is 274 g/mol. The molecule has 22 heavy (non-hydrogen) atoms. The summed E-state index contributed by atoms with van der Waals surface area (Å²) in [5, 5.41) is 0. The molecule has 0 aromatic heterocycles. The van der Waals surface area contributed by atoms with Gasteiger partial charge in [0.1, 0.15) is 11.5 Å². The lowest BCUT2D eigenvalue weighted by Crippen LogP contribution is -2.16. The first kappa shape index (κ1) is 16.4. The highest BCUT2D eigenvalue weighted by atomic mass is 16.5. The number of methoxy groups -OCH3 is 2. The van der Waals surface area contributed by atoms with Crippen molar-refractivity contribution in [2.24, 2.45) is 5.73 Å². The van der Waals surface area contributed by atoms with E-state index in [9.17, 15) is 0 Å². The van der Waals surface area contributed by atoms with Crippen LogP contribution in [0.25, 0.3) is 0 Å². The molecule has 3 nitrogen and oxygen atoms in total. The largest absolute Gasteiger partial charge is 0.497 e. The lowest BCUT2D eigenvalue weighted by Gasteiger charge is -2.19. The molecule has 0 bridgehead atoms. The summed E-state index contributed by atoms with van der Waals surface area (Å²) in [6.45, 7) is 2.75. The molecule has 2 N–H and O–H groups in total. The average Bonchev–Trinajstić information content (AvgIpc) is 2.59. The summed E-state index contributed by atoms with van der Waals surface area (Å²) in [4.78, 5) is 0. The van der Waals surface area contributed by atoms with Gasteiger partial charge in [-0.1, -0.05) is 31.2 Å². The van der Waals surface area contributed by atoms with Crippen LogP contribution in [0.15, 0.2) is 42.5 Å². The van der Waals surface area contributed by atoms with E-state index in [4.69, 9.17) is 15.2 Å². The molecule has 2 aromatic rings. The molecule has 0 aliphatic rings. The monoisotopic (exact) mass is 299 g/mol. The Bertz CT molecular complexity index is 593. The summed E-state index contributed by atoms with van der Waals surface area (Å²) in [5.41, 5.74) is 9.80. The van der Waals surface area contributed by atoms with Crippen molar-refractivity contribution >= 4 is 0 Å². The number of hydrogen-bond donors (Lipinski definition) is 1. The first-order valence-corrected chi connectivity index (χ1v) is 7.71. The predicted molar refractivity (Wildman–Crippen MR) is 90.9 cm³/mol. The van der Waals surface area contributed by atoms with Crippen LogP contribution in [0, 0.1) is 0 Å². The summed E-state index contributed by atoms with van der Waals surface area (Å²) >= 11 is 0. The van der Waals surface area contributed by atoms with Crippen molar-refractivity contribution in [2.45, 2.75) is 25.7 Å². The fourth-order valence-corrected chi connectivity index (χ4v) is 2.69. The summed E-state index contributed by atoms with van der Waals surface area (Å²) in [6.07, 6.45) is 1.90. The minimum absolute atomic E-state index is 0.245. The third-order valence-corrected chi connectivity index (χ3v) is 4.07. The number of ether oxygens (including phenoxy) is 2.